The average molecular weight is 528 g/mol. The van der Waals surface area contributed by atoms with Crippen LogP contribution in [-0.2, 0) is 13.7 Å². The normalized spacial score (nSPS) is 14.2. The highest BCUT2D eigenvalue weighted by Gasteiger charge is 2.27. The number of carbonyl (C=O) groups excluding carboxylic acids is 1. The number of aliphatic hydroxyl groups is 1. The number of aromatic amines is 1. The molecule has 1 aliphatic heterocycles. The van der Waals surface area contributed by atoms with Crippen molar-refractivity contribution in [1.82, 2.24) is 35.6 Å². The third-order valence-electron chi connectivity index (χ3n) is 6.07. The number of tetrazole rings is 1. The summed E-state index contributed by atoms with van der Waals surface area (Å²) in [6.45, 7) is 1.16. The minimum Gasteiger partial charge on any atom is -0.392 e. The maximum absolute atomic E-state index is 13.3. The zero-order chi connectivity index (χ0) is 25.2. The van der Waals surface area contributed by atoms with Gasteiger partial charge in [0.05, 0.1) is 33.7 Å². The average Bonchev–Trinajstić information content (AvgIpc) is 3.48. The molecule has 1 saturated heterocycles. The maximum atomic E-state index is 13.3. The summed E-state index contributed by atoms with van der Waals surface area (Å²) in [6.07, 6.45) is 3.18. The van der Waals surface area contributed by atoms with Gasteiger partial charge in [-0.15, -0.1) is 0 Å². The quantitative estimate of drug-likeness (QED) is 0.332. The fourth-order valence-corrected chi connectivity index (χ4v) is 4.80. The molecule has 12 heteroatoms. The lowest BCUT2D eigenvalue weighted by Crippen LogP contribution is -2.45. The number of rotatable bonds is 6. The van der Waals surface area contributed by atoms with E-state index >= 15 is 0 Å². The molecule has 36 heavy (non-hydrogen) atoms. The molecule has 0 unspecified atom stereocenters. The van der Waals surface area contributed by atoms with Gasteiger partial charge in [0.1, 0.15) is 7.05 Å². The minimum atomic E-state index is -0.387. The first-order valence-corrected chi connectivity index (χ1v) is 12.3. The molecule has 3 heterocycles. The number of benzene rings is 2. The number of nitrogens with one attached hydrogen (secondary N) is 2. The topological polar surface area (TPSA) is 116 Å². The summed E-state index contributed by atoms with van der Waals surface area (Å²) in [6, 6.07) is 12.5. The smallest absolute Gasteiger partial charge is 0.338 e. The summed E-state index contributed by atoms with van der Waals surface area (Å²) in [7, 11) is 1.75. The van der Waals surface area contributed by atoms with Crippen LogP contribution in [0.4, 0.5) is 0 Å². The standard InChI is InChI=1S/C24H24Cl2N8O2/c1-32-29-23(27-31-32)16-7-5-15(6-8-16)22-18(14-35)21(24(36)30-33-11-3-2-4-12-33)28-34(22)20-10-9-17(25)13-19(20)26/h5-10,13,35H,2-4,11-12,14H2,1H3,(H,30,36)/p+1. The highest BCUT2D eigenvalue weighted by molar-refractivity contribution is 6.35. The molecule has 4 aromatic rings. The Morgan fingerprint density at radius 2 is 1.83 bits per heavy atom. The second kappa shape index (κ2) is 10.4. The van der Waals surface area contributed by atoms with Crippen molar-refractivity contribution in [2.75, 3.05) is 13.1 Å². The largest absolute Gasteiger partial charge is 0.392 e. The molecule has 0 atom stereocenters. The molecule has 5 rings (SSSR count). The van der Waals surface area contributed by atoms with Gasteiger partial charge < -0.3 is 5.11 Å². The van der Waals surface area contributed by atoms with Gasteiger partial charge in [0.25, 0.3) is 5.91 Å². The number of hydrazine groups is 1. The number of hydrogen-bond donors (Lipinski definition) is 3. The second-order valence-corrected chi connectivity index (χ2v) is 9.41. The third kappa shape index (κ3) is 4.85. The molecule has 0 radical (unpaired) electrons. The van der Waals surface area contributed by atoms with Gasteiger partial charge in [0, 0.05) is 29.2 Å². The molecule has 1 amide bonds. The van der Waals surface area contributed by atoms with E-state index in [0.717, 1.165) is 43.5 Å². The number of H-pyrrole nitrogens is 1. The van der Waals surface area contributed by atoms with E-state index in [4.69, 9.17) is 23.2 Å². The Balaban J connectivity index is 1.60. The Labute approximate surface area is 217 Å². The summed E-state index contributed by atoms with van der Waals surface area (Å²) in [5, 5.41) is 29.0. The molecule has 2 aromatic heterocycles. The number of aliphatic hydroxyl groups excluding tert-OH is 1. The van der Waals surface area contributed by atoms with Gasteiger partial charge in [0.2, 0.25) is 0 Å². The van der Waals surface area contributed by atoms with E-state index in [1.807, 2.05) is 29.3 Å². The molecule has 0 bridgehead atoms. The molecule has 2 aromatic carbocycles. The first-order valence-electron chi connectivity index (χ1n) is 11.6. The minimum absolute atomic E-state index is 0.133. The van der Waals surface area contributed by atoms with Crippen molar-refractivity contribution >= 4 is 29.1 Å². The molecule has 0 spiro atoms. The number of amides is 1. The van der Waals surface area contributed by atoms with Crippen LogP contribution in [0.25, 0.3) is 28.3 Å². The molecule has 1 aliphatic rings. The van der Waals surface area contributed by atoms with Crippen LogP contribution in [0.3, 0.4) is 0 Å². The Morgan fingerprint density at radius 3 is 2.47 bits per heavy atom. The number of piperidine rings is 1. The lowest BCUT2D eigenvalue weighted by atomic mass is 10.0. The van der Waals surface area contributed by atoms with Crippen molar-refractivity contribution in [3.63, 3.8) is 0 Å². The molecule has 0 saturated carbocycles. The Morgan fingerprint density at radius 1 is 1.11 bits per heavy atom. The highest BCUT2D eigenvalue weighted by atomic mass is 35.5. The molecular formula is C24H25Cl2N8O2+. The van der Waals surface area contributed by atoms with E-state index in [1.54, 1.807) is 29.9 Å². The SMILES string of the molecule is C[n+]1nc(-c2ccc(-c3c(CO)c(C(=O)NN4CCCCC4)nn3-c3ccc(Cl)cc3Cl)cc2)n[nH]1. The number of aryl methyl sites for hydroxylation is 1. The van der Waals surface area contributed by atoms with Crippen molar-refractivity contribution in [2.45, 2.75) is 25.9 Å². The van der Waals surface area contributed by atoms with Crippen molar-refractivity contribution in [3.8, 4) is 28.3 Å². The Bertz CT molecular complexity index is 1390. The van der Waals surface area contributed by atoms with Crippen LogP contribution in [0.1, 0.15) is 35.3 Å². The van der Waals surface area contributed by atoms with Gasteiger partial charge in [-0.25, -0.2) is 9.69 Å². The molecule has 3 N–H and O–H groups in total. The lowest BCUT2D eigenvalue weighted by Gasteiger charge is -2.26. The van der Waals surface area contributed by atoms with Gasteiger partial charge >= 0.3 is 5.82 Å². The fraction of sp³-hybridized carbons (Fsp3) is 0.292. The van der Waals surface area contributed by atoms with Gasteiger partial charge in [-0.05, 0) is 53.5 Å². The first-order chi connectivity index (χ1) is 17.4. The number of halogens is 2. The summed E-state index contributed by atoms with van der Waals surface area (Å²) in [5.41, 5.74) is 6.10. The summed E-state index contributed by atoms with van der Waals surface area (Å²) >= 11 is 12.7. The summed E-state index contributed by atoms with van der Waals surface area (Å²) < 4.78 is 1.58. The van der Waals surface area contributed by atoms with Crippen LogP contribution >= 0.6 is 23.2 Å². The Kier molecular flexibility index (Phi) is 7.01. The third-order valence-corrected chi connectivity index (χ3v) is 6.61. The zero-order valence-corrected chi connectivity index (χ0v) is 21.1. The number of hydrogen-bond acceptors (Lipinski definition) is 6. The lowest BCUT2D eigenvalue weighted by molar-refractivity contribution is -0.783. The van der Waals surface area contributed by atoms with Crippen LogP contribution in [0.5, 0.6) is 0 Å². The van der Waals surface area contributed by atoms with E-state index in [2.05, 4.69) is 25.9 Å². The molecule has 10 nitrogen and oxygen atoms in total. The van der Waals surface area contributed by atoms with Crippen LogP contribution in [0.15, 0.2) is 42.5 Å². The van der Waals surface area contributed by atoms with E-state index < -0.39 is 0 Å². The van der Waals surface area contributed by atoms with E-state index in [9.17, 15) is 9.90 Å². The van der Waals surface area contributed by atoms with Crippen molar-refractivity contribution < 1.29 is 14.7 Å². The second-order valence-electron chi connectivity index (χ2n) is 8.57. The molecular weight excluding hydrogens is 503 g/mol. The summed E-state index contributed by atoms with van der Waals surface area (Å²) in [4.78, 5) is 14.8. The zero-order valence-electron chi connectivity index (χ0n) is 19.6. The van der Waals surface area contributed by atoms with Crippen LogP contribution in [0.2, 0.25) is 10.0 Å². The number of carbonyl (C=O) groups is 1. The highest BCUT2D eigenvalue weighted by Crippen LogP contribution is 2.34. The van der Waals surface area contributed by atoms with E-state index in [-0.39, 0.29) is 18.2 Å². The molecule has 186 valence electrons. The van der Waals surface area contributed by atoms with Crippen molar-refractivity contribution in [1.29, 1.82) is 0 Å². The van der Waals surface area contributed by atoms with Crippen molar-refractivity contribution in [2.24, 2.45) is 7.05 Å². The van der Waals surface area contributed by atoms with Gasteiger partial charge in [0.15, 0.2) is 5.69 Å². The maximum Gasteiger partial charge on any atom is 0.338 e. The van der Waals surface area contributed by atoms with Crippen LogP contribution in [0, 0.1) is 0 Å². The van der Waals surface area contributed by atoms with Gasteiger partial charge in [-0.2, -0.15) is 5.10 Å². The van der Waals surface area contributed by atoms with Crippen LogP contribution < -0.4 is 10.2 Å². The molecule has 1 fully saturated rings. The van der Waals surface area contributed by atoms with Gasteiger partial charge in [-0.3, -0.25) is 10.2 Å². The monoisotopic (exact) mass is 527 g/mol. The van der Waals surface area contributed by atoms with E-state index in [1.165, 1.54) is 4.80 Å². The van der Waals surface area contributed by atoms with Gasteiger partial charge in [-0.1, -0.05) is 46.6 Å². The predicted molar refractivity (Wildman–Crippen MR) is 134 cm³/mol. The molecule has 0 aliphatic carbocycles. The first kappa shape index (κ1) is 24.4. The summed E-state index contributed by atoms with van der Waals surface area (Å²) in [5.74, 6) is 0.165. The predicted octanol–water partition coefficient (Wildman–Crippen LogP) is 3.08. The van der Waals surface area contributed by atoms with Crippen molar-refractivity contribution in [3.05, 3.63) is 63.8 Å². The number of aromatic nitrogens is 6. The van der Waals surface area contributed by atoms with E-state index in [0.29, 0.717) is 32.8 Å². The Hall–Kier alpha value is -3.31. The number of nitrogens with zero attached hydrogens (tertiary/aromatic N) is 6. The fourth-order valence-electron chi connectivity index (χ4n) is 4.31. The van der Waals surface area contributed by atoms with Crippen LogP contribution in [-0.4, -0.2) is 54.3 Å².